The van der Waals surface area contributed by atoms with Gasteiger partial charge >= 0.3 is 0 Å². The van der Waals surface area contributed by atoms with E-state index in [1.807, 2.05) is 19.2 Å². The fraction of sp³-hybridized carbons (Fsp3) is 0.308. The third kappa shape index (κ3) is 3.51. The van der Waals surface area contributed by atoms with Crippen LogP contribution < -0.4 is 5.32 Å². The standard InChI is InChI=1S/C13H16N4OS/c1-9-7-16-12(19-9)8-15-10-4-5-14-11(6-10)13(18)17(2)3/h4-7H,8H2,1-3H3,(H,14,15). The first-order valence-electron chi connectivity index (χ1n) is 5.89. The molecule has 0 bridgehead atoms. The molecule has 0 spiro atoms. The molecule has 0 saturated carbocycles. The summed E-state index contributed by atoms with van der Waals surface area (Å²) in [6, 6.07) is 3.59. The Morgan fingerprint density at radius 1 is 1.42 bits per heavy atom. The predicted octanol–water partition coefficient (Wildman–Crippen LogP) is 2.16. The molecule has 1 N–H and O–H groups in total. The Kier molecular flexibility index (Phi) is 4.11. The number of hydrogen-bond acceptors (Lipinski definition) is 5. The Morgan fingerprint density at radius 3 is 2.84 bits per heavy atom. The monoisotopic (exact) mass is 276 g/mol. The number of carbonyl (C=O) groups is 1. The van der Waals surface area contributed by atoms with E-state index in [1.54, 1.807) is 37.7 Å². The van der Waals surface area contributed by atoms with Crippen molar-refractivity contribution >= 4 is 22.9 Å². The van der Waals surface area contributed by atoms with Crippen molar-refractivity contribution in [3.05, 3.63) is 40.1 Å². The topological polar surface area (TPSA) is 58.1 Å². The Bertz CT molecular complexity index is 580. The summed E-state index contributed by atoms with van der Waals surface area (Å²) in [7, 11) is 3.42. The lowest BCUT2D eigenvalue weighted by molar-refractivity contribution is 0.0822. The van der Waals surface area contributed by atoms with E-state index in [0.29, 0.717) is 12.2 Å². The minimum Gasteiger partial charge on any atom is -0.378 e. The van der Waals surface area contributed by atoms with Crippen LogP contribution in [0.3, 0.4) is 0 Å². The van der Waals surface area contributed by atoms with Crippen LogP contribution in [0.4, 0.5) is 5.69 Å². The van der Waals surface area contributed by atoms with Crippen molar-refractivity contribution in [2.24, 2.45) is 0 Å². The van der Waals surface area contributed by atoms with Crippen molar-refractivity contribution in [1.82, 2.24) is 14.9 Å². The van der Waals surface area contributed by atoms with Crippen molar-refractivity contribution in [3.63, 3.8) is 0 Å². The van der Waals surface area contributed by atoms with Gasteiger partial charge in [-0.3, -0.25) is 9.78 Å². The van der Waals surface area contributed by atoms with E-state index in [9.17, 15) is 4.79 Å². The number of pyridine rings is 1. The highest BCUT2D eigenvalue weighted by Crippen LogP contribution is 2.14. The highest BCUT2D eigenvalue weighted by atomic mass is 32.1. The van der Waals surface area contributed by atoms with Crippen LogP contribution in [0.1, 0.15) is 20.4 Å². The largest absolute Gasteiger partial charge is 0.378 e. The number of aryl methyl sites for hydroxylation is 1. The molecule has 2 rings (SSSR count). The number of thiazole rings is 1. The second kappa shape index (κ2) is 5.79. The number of aromatic nitrogens is 2. The Hall–Kier alpha value is -1.95. The molecule has 100 valence electrons. The first-order valence-corrected chi connectivity index (χ1v) is 6.71. The van der Waals surface area contributed by atoms with Gasteiger partial charge < -0.3 is 10.2 Å². The quantitative estimate of drug-likeness (QED) is 0.929. The minimum absolute atomic E-state index is 0.103. The molecule has 2 aromatic heterocycles. The number of hydrogen-bond donors (Lipinski definition) is 1. The van der Waals surface area contributed by atoms with Gasteiger partial charge in [0.2, 0.25) is 0 Å². The summed E-state index contributed by atoms with van der Waals surface area (Å²) in [5.41, 5.74) is 1.30. The maximum atomic E-state index is 11.8. The molecule has 19 heavy (non-hydrogen) atoms. The van der Waals surface area contributed by atoms with Crippen LogP contribution in [0.15, 0.2) is 24.5 Å². The van der Waals surface area contributed by atoms with E-state index in [2.05, 4.69) is 15.3 Å². The molecule has 0 saturated heterocycles. The average molecular weight is 276 g/mol. The van der Waals surface area contributed by atoms with E-state index >= 15 is 0 Å². The second-order valence-electron chi connectivity index (χ2n) is 4.35. The van der Waals surface area contributed by atoms with Gasteiger partial charge in [-0.25, -0.2) is 4.98 Å². The zero-order valence-electron chi connectivity index (χ0n) is 11.2. The van der Waals surface area contributed by atoms with Gasteiger partial charge in [0.05, 0.1) is 6.54 Å². The molecule has 0 aliphatic carbocycles. The lowest BCUT2D eigenvalue weighted by Crippen LogP contribution is -2.22. The van der Waals surface area contributed by atoms with Crippen LogP contribution in [0.2, 0.25) is 0 Å². The number of nitrogens with zero attached hydrogens (tertiary/aromatic N) is 3. The molecule has 0 fully saturated rings. The van der Waals surface area contributed by atoms with Crippen molar-refractivity contribution in [3.8, 4) is 0 Å². The van der Waals surface area contributed by atoms with Crippen LogP contribution in [0.25, 0.3) is 0 Å². The first kappa shape index (κ1) is 13.5. The van der Waals surface area contributed by atoms with Crippen LogP contribution in [-0.2, 0) is 6.54 Å². The maximum Gasteiger partial charge on any atom is 0.272 e. The minimum atomic E-state index is -0.103. The molecule has 0 atom stereocenters. The summed E-state index contributed by atoms with van der Waals surface area (Å²) in [6.45, 7) is 2.68. The summed E-state index contributed by atoms with van der Waals surface area (Å²) in [5.74, 6) is -0.103. The fourth-order valence-electron chi connectivity index (χ4n) is 1.55. The van der Waals surface area contributed by atoms with Gasteiger partial charge in [0, 0.05) is 37.1 Å². The molecule has 0 aromatic carbocycles. The van der Waals surface area contributed by atoms with Gasteiger partial charge in [-0.05, 0) is 19.1 Å². The number of anilines is 1. The molecule has 6 heteroatoms. The smallest absolute Gasteiger partial charge is 0.272 e. The summed E-state index contributed by atoms with van der Waals surface area (Å²) in [5, 5.41) is 4.27. The van der Waals surface area contributed by atoms with Gasteiger partial charge in [0.25, 0.3) is 5.91 Å². The molecule has 0 aliphatic heterocycles. The van der Waals surface area contributed by atoms with E-state index in [4.69, 9.17) is 0 Å². The van der Waals surface area contributed by atoms with Crippen LogP contribution in [0, 0.1) is 6.92 Å². The number of rotatable bonds is 4. The highest BCUT2D eigenvalue weighted by Gasteiger charge is 2.09. The Morgan fingerprint density at radius 2 is 2.21 bits per heavy atom. The molecular weight excluding hydrogens is 260 g/mol. The Labute approximate surface area is 116 Å². The van der Waals surface area contributed by atoms with Crippen LogP contribution in [0.5, 0.6) is 0 Å². The van der Waals surface area contributed by atoms with E-state index in [-0.39, 0.29) is 5.91 Å². The van der Waals surface area contributed by atoms with Crippen molar-refractivity contribution in [1.29, 1.82) is 0 Å². The molecule has 2 aromatic rings. The fourth-order valence-corrected chi connectivity index (χ4v) is 2.27. The molecule has 0 radical (unpaired) electrons. The van der Waals surface area contributed by atoms with Crippen molar-refractivity contribution in [2.45, 2.75) is 13.5 Å². The third-order valence-corrected chi connectivity index (χ3v) is 3.41. The third-order valence-electron chi connectivity index (χ3n) is 2.50. The van der Waals surface area contributed by atoms with Crippen LogP contribution in [-0.4, -0.2) is 34.9 Å². The predicted molar refractivity (Wildman–Crippen MR) is 76.4 cm³/mol. The number of amides is 1. The molecule has 5 nitrogen and oxygen atoms in total. The van der Waals surface area contributed by atoms with E-state index in [0.717, 1.165) is 10.7 Å². The second-order valence-corrected chi connectivity index (χ2v) is 5.67. The lowest BCUT2D eigenvalue weighted by atomic mass is 10.3. The highest BCUT2D eigenvalue weighted by molar-refractivity contribution is 7.11. The normalized spacial score (nSPS) is 10.3. The van der Waals surface area contributed by atoms with Gasteiger partial charge in [0.15, 0.2) is 0 Å². The first-order chi connectivity index (χ1) is 9.06. The molecule has 2 heterocycles. The molecule has 0 unspecified atom stereocenters. The summed E-state index contributed by atoms with van der Waals surface area (Å²) < 4.78 is 0. The molecule has 0 aliphatic rings. The molecule has 1 amide bonds. The molecular formula is C13H16N4OS. The van der Waals surface area contributed by atoms with Gasteiger partial charge in [-0.15, -0.1) is 11.3 Å². The zero-order valence-corrected chi connectivity index (χ0v) is 12.0. The average Bonchev–Trinajstić information content (AvgIpc) is 2.81. The maximum absolute atomic E-state index is 11.8. The number of nitrogens with one attached hydrogen (secondary N) is 1. The van der Waals surface area contributed by atoms with Crippen LogP contribution >= 0.6 is 11.3 Å². The van der Waals surface area contributed by atoms with E-state index in [1.165, 1.54) is 9.78 Å². The van der Waals surface area contributed by atoms with Gasteiger partial charge in [-0.2, -0.15) is 0 Å². The lowest BCUT2D eigenvalue weighted by Gasteiger charge is -2.10. The summed E-state index contributed by atoms with van der Waals surface area (Å²) in [4.78, 5) is 22.9. The van der Waals surface area contributed by atoms with Crippen molar-refractivity contribution < 1.29 is 4.79 Å². The summed E-state index contributed by atoms with van der Waals surface area (Å²) >= 11 is 1.66. The summed E-state index contributed by atoms with van der Waals surface area (Å²) in [6.07, 6.45) is 3.49. The van der Waals surface area contributed by atoms with Gasteiger partial charge in [0.1, 0.15) is 10.7 Å². The van der Waals surface area contributed by atoms with Gasteiger partial charge in [-0.1, -0.05) is 0 Å². The Balaban J connectivity index is 2.05. The zero-order chi connectivity index (χ0) is 13.8. The SMILES string of the molecule is Cc1cnc(CNc2ccnc(C(=O)N(C)C)c2)s1. The van der Waals surface area contributed by atoms with E-state index < -0.39 is 0 Å². The number of carbonyl (C=O) groups excluding carboxylic acids is 1. The van der Waals surface area contributed by atoms with Crippen molar-refractivity contribution in [2.75, 3.05) is 19.4 Å².